The molecule has 39 heavy (non-hydrogen) atoms. The lowest BCUT2D eigenvalue weighted by atomic mass is 10.1. The molecule has 0 radical (unpaired) electrons. The summed E-state index contributed by atoms with van der Waals surface area (Å²) in [6.07, 6.45) is -2.68. The minimum absolute atomic E-state index is 0.0812. The summed E-state index contributed by atoms with van der Waals surface area (Å²) < 4.78 is 17.8. The molecule has 204 valence electrons. The van der Waals surface area contributed by atoms with Gasteiger partial charge in [-0.25, -0.2) is 4.79 Å². The van der Waals surface area contributed by atoms with E-state index < -0.39 is 26.5 Å². The van der Waals surface area contributed by atoms with Gasteiger partial charge in [-0.05, 0) is 34.0 Å². The van der Waals surface area contributed by atoms with Crippen molar-refractivity contribution in [2.45, 2.75) is 51.5 Å². The van der Waals surface area contributed by atoms with Crippen LogP contribution in [-0.2, 0) is 15.8 Å². The standard InChI is InChI=1S/C32H36O6Si/c1-23-27(31(35)36-21-24-14-8-5-9-15-24)20-29(38-23)30(34)28(33)22-37-39(32(2,3)4,25-16-10-6-11-17-25)26-18-12-7-13-19-26/h5-20,28,30,33-34H,21-22H2,1-4H3/t28-,30+/m1/s1. The molecule has 0 aliphatic rings. The van der Waals surface area contributed by atoms with Crippen LogP contribution < -0.4 is 10.4 Å². The van der Waals surface area contributed by atoms with Gasteiger partial charge >= 0.3 is 5.97 Å². The lowest BCUT2D eigenvalue weighted by Crippen LogP contribution is -2.67. The molecule has 0 saturated heterocycles. The summed E-state index contributed by atoms with van der Waals surface area (Å²) in [5.41, 5.74) is 1.07. The van der Waals surface area contributed by atoms with Crippen LogP contribution in [0.5, 0.6) is 0 Å². The second-order valence-corrected chi connectivity index (χ2v) is 15.0. The Morgan fingerprint density at radius 2 is 1.38 bits per heavy atom. The van der Waals surface area contributed by atoms with Gasteiger partial charge in [-0.15, -0.1) is 0 Å². The molecule has 0 unspecified atom stereocenters. The molecule has 0 fully saturated rings. The minimum atomic E-state index is -2.90. The third-order valence-electron chi connectivity index (χ3n) is 6.91. The van der Waals surface area contributed by atoms with E-state index in [2.05, 4.69) is 45.0 Å². The molecule has 0 aliphatic carbocycles. The Morgan fingerprint density at radius 1 is 0.872 bits per heavy atom. The van der Waals surface area contributed by atoms with E-state index in [9.17, 15) is 15.0 Å². The van der Waals surface area contributed by atoms with E-state index in [1.54, 1.807) is 6.92 Å². The van der Waals surface area contributed by atoms with Gasteiger partial charge in [0.2, 0.25) is 0 Å². The third kappa shape index (κ3) is 6.23. The van der Waals surface area contributed by atoms with Crippen molar-refractivity contribution >= 4 is 24.7 Å². The van der Waals surface area contributed by atoms with Crippen molar-refractivity contribution < 1.29 is 28.6 Å². The van der Waals surface area contributed by atoms with E-state index in [0.717, 1.165) is 15.9 Å². The van der Waals surface area contributed by atoms with E-state index in [1.165, 1.54) is 6.07 Å². The van der Waals surface area contributed by atoms with Gasteiger partial charge in [-0.1, -0.05) is 112 Å². The highest BCUT2D eigenvalue weighted by Crippen LogP contribution is 2.37. The van der Waals surface area contributed by atoms with Gasteiger partial charge < -0.3 is 23.8 Å². The van der Waals surface area contributed by atoms with Gasteiger partial charge in [0.1, 0.15) is 35.9 Å². The van der Waals surface area contributed by atoms with Crippen LogP contribution in [-0.4, -0.2) is 37.2 Å². The number of aliphatic hydroxyl groups excluding tert-OH is 2. The molecule has 4 rings (SSSR count). The van der Waals surface area contributed by atoms with Crippen LogP contribution in [0.4, 0.5) is 0 Å². The normalized spacial score (nSPS) is 13.6. The SMILES string of the molecule is Cc1oc([C@@H](O)[C@H](O)CO[Si](c2ccccc2)(c2ccccc2)C(C)(C)C)cc1C(=O)OCc1ccccc1. The molecule has 2 atom stereocenters. The van der Waals surface area contributed by atoms with Crippen LogP contribution in [0.3, 0.4) is 0 Å². The number of furan rings is 1. The van der Waals surface area contributed by atoms with Crippen molar-refractivity contribution in [3.05, 3.63) is 120 Å². The summed E-state index contributed by atoms with van der Waals surface area (Å²) in [7, 11) is -2.90. The topological polar surface area (TPSA) is 89.1 Å². The van der Waals surface area contributed by atoms with Gasteiger partial charge in [0.25, 0.3) is 8.32 Å². The van der Waals surface area contributed by atoms with Crippen molar-refractivity contribution in [1.29, 1.82) is 0 Å². The zero-order valence-electron chi connectivity index (χ0n) is 22.8. The second-order valence-electron chi connectivity index (χ2n) is 10.7. The fourth-order valence-electron chi connectivity index (χ4n) is 4.91. The Balaban J connectivity index is 1.53. The van der Waals surface area contributed by atoms with Crippen LogP contribution >= 0.6 is 0 Å². The summed E-state index contributed by atoms with van der Waals surface area (Å²) >= 11 is 0. The first kappa shape index (κ1) is 28.5. The Kier molecular flexibility index (Phi) is 8.87. The molecule has 3 aromatic carbocycles. The third-order valence-corrected chi connectivity index (χ3v) is 11.9. The van der Waals surface area contributed by atoms with E-state index in [-0.39, 0.29) is 29.6 Å². The molecular weight excluding hydrogens is 508 g/mol. The Morgan fingerprint density at radius 3 is 1.90 bits per heavy atom. The molecule has 0 aliphatic heterocycles. The molecule has 0 amide bonds. The molecule has 0 saturated carbocycles. The molecule has 6 nitrogen and oxygen atoms in total. The number of esters is 1. The zero-order chi connectivity index (χ0) is 28.0. The van der Waals surface area contributed by atoms with E-state index in [0.29, 0.717) is 5.76 Å². The molecule has 0 spiro atoms. The van der Waals surface area contributed by atoms with Crippen LogP contribution in [0.1, 0.15) is 54.3 Å². The van der Waals surface area contributed by atoms with Crippen LogP contribution in [0, 0.1) is 6.92 Å². The summed E-state index contributed by atoms with van der Waals surface area (Å²) in [6.45, 7) is 8.06. The number of aryl methyl sites for hydroxylation is 1. The van der Waals surface area contributed by atoms with E-state index in [4.69, 9.17) is 13.6 Å². The Bertz CT molecular complexity index is 1310. The van der Waals surface area contributed by atoms with Crippen LogP contribution in [0.2, 0.25) is 5.04 Å². The van der Waals surface area contributed by atoms with Gasteiger partial charge in [0, 0.05) is 0 Å². The first-order valence-electron chi connectivity index (χ1n) is 13.1. The second kappa shape index (κ2) is 12.1. The lowest BCUT2D eigenvalue weighted by molar-refractivity contribution is -0.0217. The Hall–Kier alpha value is -3.49. The summed E-state index contributed by atoms with van der Waals surface area (Å²) in [5, 5.41) is 23.9. The van der Waals surface area contributed by atoms with Crippen molar-refractivity contribution in [3.63, 3.8) is 0 Å². The average Bonchev–Trinajstić information content (AvgIpc) is 3.34. The van der Waals surface area contributed by atoms with Crippen LogP contribution in [0.25, 0.3) is 0 Å². The number of carbonyl (C=O) groups is 1. The fourth-order valence-corrected chi connectivity index (χ4v) is 9.48. The van der Waals surface area contributed by atoms with Crippen molar-refractivity contribution in [1.82, 2.24) is 0 Å². The fraction of sp³-hybridized carbons (Fsp3) is 0.281. The number of carbonyl (C=O) groups excluding carboxylic acids is 1. The average molecular weight is 545 g/mol. The maximum Gasteiger partial charge on any atom is 0.342 e. The largest absolute Gasteiger partial charge is 0.463 e. The maximum atomic E-state index is 12.7. The predicted molar refractivity (Wildman–Crippen MR) is 154 cm³/mol. The Labute approximate surface area is 231 Å². The summed E-state index contributed by atoms with van der Waals surface area (Å²) in [6, 6.07) is 31.0. The molecular formula is C32H36O6Si. The van der Waals surface area contributed by atoms with Gasteiger partial charge in [0.15, 0.2) is 0 Å². The number of hydrogen-bond donors (Lipinski definition) is 2. The number of aliphatic hydroxyl groups is 2. The van der Waals surface area contributed by atoms with Gasteiger partial charge in [0.05, 0.1) is 6.61 Å². The monoisotopic (exact) mass is 544 g/mol. The number of rotatable bonds is 10. The van der Waals surface area contributed by atoms with Crippen molar-refractivity contribution in [2.75, 3.05) is 6.61 Å². The van der Waals surface area contributed by atoms with Crippen molar-refractivity contribution in [3.8, 4) is 0 Å². The molecule has 7 heteroatoms. The first-order valence-corrected chi connectivity index (χ1v) is 15.0. The molecule has 1 heterocycles. The lowest BCUT2D eigenvalue weighted by Gasteiger charge is -2.43. The highest BCUT2D eigenvalue weighted by molar-refractivity contribution is 6.99. The van der Waals surface area contributed by atoms with E-state index in [1.807, 2.05) is 66.7 Å². The maximum absolute atomic E-state index is 12.7. The quantitative estimate of drug-likeness (QED) is 0.218. The predicted octanol–water partition coefficient (Wildman–Crippen LogP) is 4.92. The van der Waals surface area contributed by atoms with Crippen molar-refractivity contribution in [2.24, 2.45) is 0 Å². The highest BCUT2D eigenvalue weighted by Gasteiger charge is 2.50. The molecule has 0 bridgehead atoms. The molecule has 4 aromatic rings. The van der Waals surface area contributed by atoms with Gasteiger partial charge in [-0.3, -0.25) is 0 Å². The first-order chi connectivity index (χ1) is 18.6. The zero-order valence-corrected chi connectivity index (χ0v) is 23.8. The van der Waals surface area contributed by atoms with Crippen LogP contribution in [0.15, 0.2) is 101 Å². The number of hydrogen-bond acceptors (Lipinski definition) is 6. The summed E-state index contributed by atoms with van der Waals surface area (Å²) in [5.74, 6) is -0.170. The number of benzene rings is 3. The summed E-state index contributed by atoms with van der Waals surface area (Å²) in [4.78, 5) is 12.7. The van der Waals surface area contributed by atoms with E-state index >= 15 is 0 Å². The van der Waals surface area contributed by atoms with Gasteiger partial charge in [-0.2, -0.15) is 0 Å². The minimum Gasteiger partial charge on any atom is -0.463 e. The molecule has 2 N–H and O–H groups in total. The highest BCUT2D eigenvalue weighted by atomic mass is 28.4. The smallest absolute Gasteiger partial charge is 0.342 e. The number of ether oxygens (including phenoxy) is 1. The molecule has 1 aromatic heterocycles.